The van der Waals surface area contributed by atoms with Gasteiger partial charge in [0.2, 0.25) is 5.91 Å². The highest BCUT2D eigenvalue weighted by molar-refractivity contribution is 5.92. The molecular formula is C31H36F7N5O3. The molecule has 2 N–H and O–H groups in total. The Labute approximate surface area is 261 Å². The van der Waals surface area contributed by atoms with E-state index in [9.17, 15) is 45.1 Å². The summed E-state index contributed by atoms with van der Waals surface area (Å²) in [7, 11) is 2.44. The first kappa shape index (κ1) is 34.8. The van der Waals surface area contributed by atoms with E-state index in [2.05, 4.69) is 10.6 Å². The van der Waals surface area contributed by atoms with Crippen molar-refractivity contribution < 1.29 is 45.1 Å². The third-order valence-corrected chi connectivity index (χ3v) is 8.69. The van der Waals surface area contributed by atoms with Crippen molar-refractivity contribution in [3.63, 3.8) is 0 Å². The molecule has 2 atom stereocenters. The number of halogens is 7. The molecule has 4 rings (SSSR count). The molecule has 1 saturated heterocycles. The minimum atomic E-state index is -5.09. The van der Waals surface area contributed by atoms with Gasteiger partial charge in [-0.1, -0.05) is 12.1 Å². The number of likely N-dealkylation sites (N-methyl/N-ethyl adjacent to an activating group) is 1. The Hall–Kier alpha value is -4.04. The number of alkyl halides is 6. The van der Waals surface area contributed by atoms with Crippen molar-refractivity contribution in [3.05, 3.63) is 65.0 Å². The van der Waals surface area contributed by atoms with Gasteiger partial charge in [0.1, 0.15) is 5.82 Å². The van der Waals surface area contributed by atoms with Crippen molar-refractivity contribution in [2.45, 2.75) is 63.0 Å². The molecule has 0 aromatic heterocycles. The molecule has 1 heterocycles. The first-order chi connectivity index (χ1) is 21.5. The van der Waals surface area contributed by atoms with Gasteiger partial charge < -0.3 is 20.4 Å². The number of hydrogen-bond acceptors (Lipinski definition) is 3. The second-order valence-electron chi connectivity index (χ2n) is 11.7. The molecule has 0 bridgehead atoms. The first-order valence-electron chi connectivity index (χ1n) is 14.9. The van der Waals surface area contributed by atoms with Crippen LogP contribution in [-0.4, -0.2) is 73.6 Å². The van der Waals surface area contributed by atoms with Crippen LogP contribution in [0.25, 0.3) is 0 Å². The van der Waals surface area contributed by atoms with Crippen LogP contribution in [0.5, 0.6) is 0 Å². The number of urea groups is 2. The van der Waals surface area contributed by atoms with Crippen molar-refractivity contribution in [2.75, 3.05) is 38.6 Å². The molecule has 0 spiro atoms. The number of anilines is 1. The van der Waals surface area contributed by atoms with Crippen molar-refractivity contribution in [1.82, 2.24) is 20.4 Å². The van der Waals surface area contributed by atoms with Gasteiger partial charge in [0, 0.05) is 57.3 Å². The van der Waals surface area contributed by atoms with Crippen LogP contribution in [0.15, 0.2) is 42.5 Å². The van der Waals surface area contributed by atoms with E-state index in [1.807, 2.05) is 0 Å². The Morgan fingerprint density at radius 2 is 1.43 bits per heavy atom. The van der Waals surface area contributed by atoms with Gasteiger partial charge in [-0.25, -0.2) is 14.0 Å². The zero-order valence-corrected chi connectivity index (χ0v) is 25.5. The van der Waals surface area contributed by atoms with Gasteiger partial charge in [-0.05, 0) is 68.5 Å². The number of hydrogen-bond donors (Lipinski definition) is 2. The lowest BCUT2D eigenvalue weighted by atomic mass is 9.85. The van der Waals surface area contributed by atoms with Crippen molar-refractivity contribution in [3.8, 4) is 0 Å². The molecule has 1 aliphatic heterocycles. The Morgan fingerprint density at radius 3 is 1.96 bits per heavy atom. The summed E-state index contributed by atoms with van der Waals surface area (Å²) in [6.45, 7) is 2.49. The zero-order valence-electron chi connectivity index (χ0n) is 25.5. The minimum Gasteiger partial charge on any atom is -0.340 e. The molecule has 0 radical (unpaired) electrons. The van der Waals surface area contributed by atoms with Crippen molar-refractivity contribution in [1.29, 1.82) is 0 Å². The van der Waals surface area contributed by atoms with Gasteiger partial charge in [-0.3, -0.25) is 9.69 Å². The fourth-order valence-corrected chi connectivity index (χ4v) is 6.16. The van der Waals surface area contributed by atoms with Gasteiger partial charge >= 0.3 is 24.4 Å². The smallest absolute Gasteiger partial charge is 0.340 e. The van der Waals surface area contributed by atoms with E-state index in [1.165, 1.54) is 36.2 Å². The average Bonchev–Trinajstić information content (AvgIpc) is 3.45. The molecule has 2 unspecified atom stereocenters. The molecule has 2 aromatic carbocycles. The van der Waals surface area contributed by atoms with Crippen LogP contribution in [-0.2, 0) is 17.1 Å². The molecule has 1 aliphatic carbocycles. The summed E-state index contributed by atoms with van der Waals surface area (Å²) in [5.41, 5.74) is -3.12. The normalized spacial score (nSPS) is 21.9. The van der Waals surface area contributed by atoms with E-state index in [1.54, 1.807) is 11.8 Å². The molecule has 1 saturated carbocycles. The Kier molecular flexibility index (Phi) is 10.4. The molecule has 5 amide bonds. The van der Waals surface area contributed by atoms with E-state index >= 15 is 0 Å². The van der Waals surface area contributed by atoms with E-state index in [0.717, 1.165) is 7.05 Å². The number of carbonyl (C=O) groups is 3. The van der Waals surface area contributed by atoms with Crippen molar-refractivity contribution in [2.24, 2.45) is 5.92 Å². The van der Waals surface area contributed by atoms with Crippen molar-refractivity contribution >= 4 is 23.7 Å². The van der Waals surface area contributed by atoms with Gasteiger partial charge in [0.25, 0.3) is 0 Å². The van der Waals surface area contributed by atoms with E-state index in [4.69, 9.17) is 0 Å². The molecular weight excluding hydrogens is 623 g/mol. The third kappa shape index (κ3) is 8.02. The SMILES string of the molecule is CCNC(=O)NC1CCC(C(=O)N2CC(c3ccc(F)cc3)C(N(C)C(=O)N(C)c3cc(C(F)(F)F)cc(C(F)(F)F)c3)C2)CC1. The summed E-state index contributed by atoms with van der Waals surface area (Å²) in [4.78, 5) is 42.7. The second-order valence-corrected chi connectivity index (χ2v) is 11.7. The maximum absolute atomic E-state index is 13.8. The predicted molar refractivity (Wildman–Crippen MR) is 155 cm³/mol. The lowest BCUT2D eigenvalue weighted by molar-refractivity contribution is -0.143. The predicted octanol–water partition coefficient (Wildman–Crippen LogP) is 6.22. The van der Waals surface area contributed by atoms with Crippen LogP contribution in [0.4, 0.5) is 46.0 Å². The summed E-state index contributed by atoms with van der Waals surface area (Å²) in [5.74, 6) is -1.52. The third-order valence-electron chi connectivity index (χ3n) is 8.69. The number of likely N-dealkylation sites (tertiary alicyclic amines) is 1. The highest BCUT2D eigenvalue weighted by Crippen LogP contribution is 2.39. The number of nitrogens with zero attached hydrogens (tertiary/aromatic N) is 3. The Bertz CT molecular complexity index is 1380. The Balaban J connectivity index is 1.55. The fraction of sp³-hybridized carbons (Fsp3) is 0.516. The molecule has 2 aliphatic rings. The minimum absolute atomic E-state index is 0.0138. The summed E-state index contributed by atoms with van der Waals surface area (Å²) < 4.78 is 94.7. The lowest BCUT2D eigenvalue weighted by Crippen LogP contribution is -2.48. The van der Waals surface area contributed by atoms with Gasteiger partial charge in [-0.15, -0.1) is 0 Å². The number of rotatable bonds is 6. The topological polar surface area (TPSA) is 85.0 Å². The van der Waals surface area contributed by atoms with Crippen LogP contribution in [0, 0.1) is 11.7 Å². The molecule has 2 fully saturated rings. The molecule has 15 heteroatoms. The standard InChI is InChI=1S/C31H36F7N5O3/c1-4-39-28(45)40-23-11-7-19(8-12-23)27(44)43-16-25(18-5-9-22(32)10-6-18)26(17-43)42(3)29(46)41(2)24-14-20(30(33,34)35)13-21(15-24)31(36,37)38/h5-6,9-10,13-15,19,23,25-26H,4,7-8,11-12,16-17H2,1-3H3,(H2,39,40,45). The maximum Gasteiger partial charge on any atom is 0.416 e. The largest absolute Gasteiger partial charge is 0.416 e. The average molecular weight is 660 g/mol. The maximum atomic E-state index is 13.8. The van der Waals surface area contributed by atoms with Crippen LogP contribution in [0.2, 0.25) is 0 Å². The number of carbonyl (C=O) groups excluding carboxylic acids is 3. The van der Waals surface area contributed by atoms with Crippen LogP contribution < -0.4 is 15.5 Å². The number of benzene rings is 2. The quantitative estimate of drug-likeness (QED) is 0.361. The summed E-state index contributed by atoms with van der Waals surface area (Å²) in [6, 6.07) is 4.45. The molecule has 46 heavy (non-hydrogen) atoms. The van der Waals surface area contributed by atoms with Crippen LogP contribution in [0.3, 0.4) is 0 Å². The van der Waals surface area contributed by atoms with Gasteiger partial charge in [-0.2, -0.15) is 26.3 Å². The monoisotopic (exact) mass is 659 g/mol. The Morgan fingerprint density at radius 1 is 0.870 bits per heavy atom. The fourth-order valence-electron chi connectivity index (χ4n) is 6.16. The summed E-state index contributed by atoms with van der Waals surface area (Å²) >= 11 is 0. The molecule has 252 valence electrons. The summed E-state index contributed by atoms with van der Waals surface area (Å²) in [6.07, 6.45) is -7.97. The van der Waals surface area contributed by atoms with E-state index in [0.29, 0.717) is 54.8 Å². The molecule has 8 nitrogen and oxygen atoms in total. The van der Waals surface area contributed by atoms with Gasteiger partial charge in [0.15, 0.2) is 0 Å². The van der Waals surface area contributed by atoms with E-state index < -0.39 is 53.0 Å². The zero-order chi connectivity index (χ0) is 34.0. The van der Waals surface area contributed by atoms with Gasteiger partial charge in [0.05, 0.1) is 17.2 Å². The second kappa shape index (κ2) is 13.8. The summed E-state index contributed by atoms with van der Waals surface area (Å²) in [5, 5.41) is 5.56. The van der Waals surface area contributed by atoms with Crippen LogP contribution >= 0.6 is 0 Å². The molecule has 2 aromatic rings. The number of amides is 5. The highest BCUT2D eigenvalue weighted by Gasteiger charge is 2.43. The lowest BCUT2D eigenvalue weighted by Gasteiger charge is -2.33. The highest BCUT2D eigenvalue weighted by atomic mass is 19.4. The van der Waals surface area contributed by atoms with E-state index in [-0.39, 0.29) is 43.1 Å². The van der Waals surface area contributed by atoms with Crippen LogP contribution in [0.1, 0.15) is 55.2 Å². The number of nitrogens with one attached hydrogen (secondary N) is 2. The first-order valence-corrected chi connectivity index (χ1v) is 14.9.